The molecule has 0 heterocycles. The van der Waals surface area contributed by atoms with Crippen LogP contribution in [0.4, 0.5) is 5.69 Å². The zero-order valence-electron chi connectivity index (χ0n) is 12.2. The molecule has 110 valence electrons. The predicted octanol–water partition coefficient (Wildman–Crippen LogP) is 3.44. The SMILES string of the molecule is CC(CN(C(=O)C(C)(C)C)c1cccc(Cl)c1)C(=O)O. The first-order chi connectivity index (χ1) is 9.12. The second-order valence-electron chi connectivity index (χ2n) is 5.88. The van der Waals surface area contributed by atoms with E-state index in [1.807, 2.05) is 0 Å². The van der Waals surface area contributed by atoms with Gasteiger partial charge in [0.05, 0.1) is 5.92 Å². The van der Waals surface area contributed by atoms with Gasteiger partial charge in [-0.15, -0.1) is 0 Å². The van der Waals surface area contributed by atoms with Crippen molar-refractivity contribution in [3.63, 3.8) is 0 Å². The lowest BCUT2D eigenvalue weighted by molar-refractivity contribution is -0.140. The Morgan fingerprint density at radius 3 is 2.40 bits per heavy atom. The van der Waals surface area contributed by atoms with E-state index >= 15 is 0 Å². The average molecular weight is 298 g/mol. The van der Waals surface area contributed by atoms with E-state index in [0.717, 1.165) is 0 Å². The molecule has 1 aromatic carbocycles. The number of nitrogens with zero attached hydrogens (tertiary/aromatic N) is 1. The van der Waals surface area contributed by atoms with E-state index in [9.17, 15) is 9.59 Å². The van der Waals surface area contributed by atoms with Crippen LogP contribution in [0.3, 0.4) is 0 Å². The largest absolute Gasteiger partial charge is 0.481 e. The molecule has 1 unspecified atom stereocenters. The van der Waals surface area contributed by atoms with Crippen molar-refractivity contribution in [2.45, 2.75) is 27.7 Å². The molecule has 1 amide bonds. The Morgan fingerprint density at radius 1 is 1.35 bits per heavy atom. The fourth-order valence-corrected chi connectivity index (χ4v) is 1.89. The first-order valence-electron chi connectivity index (χ1n) is 6.43. The Hall–Kier alpha value is -1.55. The van der Waals surface area contributed by atoms with Gasteiger partial charge < -0.3 is 10.0 Å². The first kappa shape index (κ1) is 16.5. The summed E-state index contributed by atoms with van der Waals surface area (Å²) in [6.07, 6.45) is 0. The number of hydrogen-bond donors (Lipinski definition) is 1. The van der Waals surface area contributed by atoms with E-state index in [1.54, 1.807) is 52.0 Å². The number of benzene rings is 1. The lowest BCUT2D eigenvalue weighted by Gasteiger charge is -2.31. The smallest absolute Gasteiger partial charge is 0.308 e. The topological polar surface area (TPSA) is 57.6 Å². The molecule has 1 N–H and O–H groups in total. The van der Waals surface area contributed by atoms with E-state index in [1.165, 1.54) is 4.90 Å². The Labute approximate surface area is 124 Å². The van der Waals surface area contributed by atoms with Gasteiger partial charge in [0.2, 0.25) is 5.91 Å². The minimum atomic E-state index is -0.932. The monoisotopic (exact) mass is 297 g/mol. The molecular formula is C15H20ClNO3. The number of aliphatic carboxylic acids is 1. The second-order valence-corrected chi connectivity index (χ2v) is 6.32. The minimum absolute atomic E-state index is 0.117. The van der Waals surface area contributed by atoms with Crippen LogP contribution in [0.1, 0.15) is 27.7 Å². The molecule has 0 aliphatic carbocycles. The van der Waals surface area contributed by atoms with Crippen molar-refractivity contribution in [1.82, 2.24) is 0 Å². The van der Waals surface area contributed by atoms with E-state index in [0.29, 0.717) is 10.7 Å². The molecule has 0 aromatic heterocycles. The van der Waals surface area contributed by atoms with Crippen LogP contribution in [0, 0.1) is 11.3 Å². The van der Waals surface area contributed by atoms with Gasteiger partial charge in [0.1, 0.15) is 0 Å². The molecule has 4 nitrogen and oxygen atoms in total. The molecular weight excluding hydrogens is 278 g/mol. The van der Waals surface area contributed by atoms with Crippen LogP contribution in [-0.4, -0.2) is 23.5 Å². The number of carbonyl (C=O) groups excluding carboxylic acids is 1. The van der Waals surface area contributed by atoms with Gasteiger partial charge in [0.25, 0.3) is 0 Å². The van der Waals surface area contributed by atoms with Crippen molar-refractivity contribution in [3.05, 3.63) is 29.3 Å². The Morgan fingerprint density at radius 2 is 1.95 bits per heavy atom. The third-order valence-corrected chi connectivity index (χ3v) is 3.12. The summed E-state index contributed by atoms with van der Waals surface area (Å²) in [4.78, 5) is 25.1. The molecule has 0 spiro atoms. The summed E-state index contributed by atoms with van der Waals surface area (Å²) in [5.41, 5.74) is 0.0195. The normalized spacial score (nSPS) is 12.8. The third-order valence-electron chi connectivity index (χ3n) is 2.88. The zero-order valence-corrected chi connectivity index (χ0v) is 12.9. The van der Waals surface area contributed by atoms with Gasteiger partial charge in [-0.1, -0.05) is 45.4 Å². The van der Waals surface area contributed by atoms with Gasteiger partial charge in [-0.25, -0.2) is 0 Å². The molecule has 1 rings (SSSR count). The minimum Gasteiger partial charge on any atom is -0.481 e. The quantitative estimate of drug-likeness (QED) is 0.926. The molecule has 0 fully saturated rings. The lowest BCUT2D eigenvalue weighted by Crippen LogP contribution is -2.43. The molecule has 1 atom stereocenters. The van der Waals surface area contributed by atoms with Crippen molar-refractivity contribution in [3.8, 4) is 0 Å². The van der Waals surface area contributed by atoms with E-state index < -0.39 is 17.3 Å². The number of halogens is 1. The standard InChI is InChI=1S/C15H20ClNO3/c1-10(13(18)19)9-17(14(20)15(2,3)4)12-7-5-6-11(16)8-12/h5-8,10H,9H2,1-4H3,(H,18,19). The summed E-state index contributed by atoms with van der Waals surface area (Å²) in [7, 11) is 0. The van der Waals surface area contributed by atoms with Crippen LogP contribution in [0.25, 0.3) is 0 Å². The van der Waals surface area contributed by atoms with Gasteiger partial charge in [-0.3, -0.25) is 9.59 Å². The Kier molecular flexibility index (Phi) is 5.17. The van der Waals surface area contributed by atoms with Crippen LogP contribution in [-0.2, 0) is 9.59 Å². The fourth-order valence-electron chi connectivity index (χ4n) is 1.71. The summed E-state index contributed by atoms with van der Waals surface area (Å²) in [6, 6.07) is 6.88. The van der Waals surface area contributed by atoms with E-state index in [4.69, 9.17) is 16.7 Å². The molecule has 0 radical (unpaired) electrons. The van der Waals surface area contributed by atoms with Gasteiger partial charge in [0, 0.05) is 22.7 Å². The molecule has 1 aromatic rings. The number of hydrogen-bond acceptors (Lipinski definition) is 2. The fraction of sp³-hybridized carbons (Fsp3) is 0.467. The summed E-state index contributed by atoms with van der Waals surface area (Å²) in [5, 5.41) is 9.56. The maximum atomic E-state index is 12.5. The summed E-state index contributed by atoms with van der Waals surface area (Å²) in [6.45, 7) is 7.11. The molecule has 0 bridgehead atoms. The number of carbonyl (C=O) groups is 2. The molecule has 5 heteroatoms. The van der Waals surface area contributed by atoms with E-state index in [2.05, 4.69) is 0 Å². The van der Waals surface area contributed by atoms with Crippen molar-refractivity contribution >= 4 is 29.2 Å². The van der Waals surface area contributed by atoms with Crippen LogP contribution in [0.5, 0.6) is 0 Å². The maximum Gasteiger partial charge on any atom is 0.308 e. The van der Waals surface area contributed by atoms with Crippen LogP contribution >= 0.6 is 11.6 Å². The lowest BCUT2D eigenvalue weighted by atomic mass is 9.93. The molecule has 0 aliphatic heterocycles. The maximum absolute atomic E-state index is 12.5. The second kappa shape index (κ2) is 6.27. The van der Waals surface area contributed by atoms with Gasteiger partial charge >= 0.3 is 5.97 Å². The van der Waals surface area contributed by atoms with Crippen molar-refractivity contribution < 1.29 is 14.7 Å². The summed E-state index contributed by atoms with van der Waals surface area (Å²) >= 11 is 5.95. The molecule has 0 aliphatic rings. The van der Waals surface area contributed by atoms with Gasteiger partial charge in [-0.2, -0.15) is 0 Å². The molecule has 0 saturated carbocycles. The van der Waals surface area contributed by atoms with Crippen molar-refractivity contribution in [1.29, 1.82) is 0 Å². The average Bonchev–Trinajstić information content (AvgIpc) is 2.33. The van der Waals surface area contributed by atoms with Crippen molar-refractivity contribution in [2.24, 2.45) is 11.3 Å². The van der Waals surface area contributed by atoms with Gasteiger partial charge in [0.15, 0.2) is 0 Å². The number of carboxylic acid groups (broad SMARTS) is 1. The predicted molar refractivity (Wildman–Crippen MR) is 80.1 cm³/mol. The van der Waals surface area contributed by atoms with Crippen LogP contribution in [0.2, 0.25) is 5.02 Å². The highest BCUT2D eigenvalue weighted by Gasteiger charge is 2.30. The van der Waals surface area contributed by atoms with Crippen LogP contribution in [0.15, 0.2) is 24.3 Å². The Balaban J connectivity index is 3.14. The first-order valence-corrected chi connectivity index (χ1v) is 6.81. The highest BCUT2D eigenvalue weighted by Crippen LogP contribution is 2.26. The van der Waals surface area contributed by atoms with Crippen LogP contribution < -0.4 is 4.90 Å². The Bertz CT molecular complexity index is 508. The summed E-state index contributed by atoms with van der Waals surface area (Å²) < 4.78 is 0. The van der Waals surface area contributed by atoms with E-state index in [-0.39, 0.29) is 12.5 Å². The number of carboxylic acids is 1. The highest BCUT2D eigenvalue weighted by atomic mass is 35.5. The third kappa shape index (κ3) is 4.23. The zero-order chi connectivity index (χ0) is 15.5. The van der Waals surface area contributed by atoms with Crippen molar-refractivity contribution in [2.75, 3.05) is 11.4 Å². The molecule has 0 saturated heterocycles. The molecule has 20 heavy (non-hydrogen) atoms. The number of rotatable bonds is 4. The highest BCUT2D eigenvalue weighted by molar-refractivity contribution is 6.30. The number of anilines is 1. The summed E-state index contributed by atoms with van der Waals surface area (Å²) in [5.74, 6) is -1.72. The number of amides is 1. The van der Waals surface area contributed by atoms with Gasteiger partial charge in [-0.05, 0) is 18.2 Å².